The van der Waals surface area contributed by atoms with Gasteiger partial charge in [-0.25, -0.2) is 18.4 Å². The average Bonchev–Trinajstić information content (AvgIpc) is 3.08. The topological polar surface area (TPSA) is 94.0 Å². The average molecular weight is 320 g/mol. The van der Waals surface area contributed by atoms with Crippen molar-refractivity contribution in [2.75, 3.05) is 11.5 Å². The van der Waals surface area contributed by atoms with Crippen molar-refractivity contribution in [3.63, 3.8) is 0 Å². The Morgan fingerprint density at radius 1 is 1.41 bits per heavy atom. The Hall–Kier alpha value is -2.22. The lowest BCUT2D eigenvalue weighted by Crippen LogP contribution is -2.36. The van der Waals surface area contributed by atoms with Crippen LogP contribution in [0.15, 0.2) is 30.9 Å². The Labute approximate surface area is 128 Å². The van der Waals surface area contributed by atoms with Crippen molar-refractivity contribution in [3.05, 3.63) is 42.1 Å². The van der Waals surface area contributed by atoms with Crippen LogP contribution >= 0.6 is 0 Å². The molecule has 2 aromatic heterocycles. The summed E-state index contributed by atoms with van der Waals surface area (Å²) in [6.45, 7) is 1.87. The van der Waals surface area contributed by atoms with Gasteiger partial charge in [0.1, 0.15) is 17.8 Å². The molecule has 1 aliphatic rings. The molecule has 0 bridgehead atoms. The Morgan fingerprint density at radius 2 is 2.23 bits per heavy atom. The number of nitrogens with zero attached hydrogens (tertiary/aromatic N) is 3. The second-order valence-electron chi connectivity index (χ2n) is 5.43. The van der Waals surface area contributed by atoms with Crippen LogP contribution in [0.2, 0.25) is 0 Å². The molecule has 1 atom stereocenters. The SMILES string of the molecule is Cc1cc(C(=O)NC2CCS(=O)(=O)C2)nc(-n2ccnc2)c1. The molecule has 116 valence electrons. The highest BCUT2D eigenvalue weighted by Gasteiger charge is 2.29. The van der Waals surface area contributed by atoms with Gasteiger partial charge < -0.3 is 5.32 Å². The summed E-state index contributed by atoms with van der Waals surface area (Å²) >= 11 is 0. The molecule has 2 aromatic rings. The number of carbonyl (C=O) groups is 1. The quantitative estimate of drug-likeness (QED) is 0.888. The number of aromatic nitrogens is 3. The Morgan fingerprint density at radius 3 is 2.86 bits per heavy atom. The fourth-order valence-corrected chi connectivity index (χ4v) is 4.13. The number of carbonyl (C=O) groups excluding carboxylic acids is 1. The predicted octanol–water partition coefficient (Wildman–Crippen LogP) is 0.493. The molecule has 3 heterocycles. The van der Waals surface area contributed by atoms with E-state index in [4.69, 9.17) is 0 Å². The van der Waals surface area contributed by atoms with Crippen LogP contribution in [0.5, 0.6) is 0 Å². The van der Waals surface area contributed by atoms with Crippen molar-refractivity contribution >= 4 is 15.7 Å². The summed E-state index contributed by atoms with van der Waals surface area (Å²) in [5.74, 6) is 0.368. The molecule has 0 radical (unpaired) electrons. The number of hydrogen-bond acceptors (Lipinski definition) is 5. The highest BCUT2D eigenvalue weighted by atomic mass is 32.2. The number of hydrogen-bond donors (Lipinski definition) is 1. The molecule has 0 spiro atoms. The summed E-state index contributed by atoms with van der Waals surface area (Å²) in [7, 11) is -3.02. The fraction of sp³-hybridized carbons (Fsp3) is 0.357. The van der Waals surface area contributed by atoms with Gasteiger partial charge in [0, 0.05) is 18.4 Å². The van der Waals surface area contributed by atoms with Crippen LogP contribution in [-0.4, -0.2) is 46.4 Å². The molecule has 1 unspecified atom stereocenters. The van der Waals surface area contributed by atoms with Crippen LogP contribution in [-0.2, 0) is 9.84 Å². The van der Waals surface area contributed by atoms with E-state index in [1.165, 1.54) is 0 Å². The van der Waals surface area contributed by atoms with Gasteiger partial charge in [-0.1, -0.05) is 0 Å². The van der Waals surface area contributed by atoms with E-state index < -0.39 is 9.84 Å². The van der Waals surface area contributed by atoms with Gasteiger partial charge in [0.15, 0.2) is 9.84 Å². The van der Waals surface area contributed by atoms with E-state index in [1.54, 1.807) is 29.4 Å². The zero-order valence-electron chi connectivity index (χ0n) is 12.1. The fourth-order valence-electron chi connectivity index (χ4n) is 2.46. The number of amides is 1. The highest BCUT2D eigenvalue weighted by Crippen LogP contribution is 2.13. The van der Waals surface area contributed by atoms with Gasteiger partial charge in [-0.15, -0.1) is 0 Å². The highest BCUT2D eigenvalue weighted by molar-refractivity contribution is 7.91. The molecule has 1 amide bonds. The van der Waals surface area contributed by atoms with Gasteiger partial charge in [0.25, 0.3) is 5.91 Å². The number of pyridine rings is 1. The summed E-state index contributed by atoms with van der Waals surface area (Å²) in [4.78, 5) is 20.6. The molecule has 1 N–H and O–H groups in total. The largest absolute Gasteiger partial charge is 0.347 e. The smallest absolute Gasteiger partial charge is 0.270 e. The van der Waals surface area contributed by atoms with Crippen molar-refractivity contribution in [3.8, 4) is 5.82 Å². The lowest BCUT2D eigenvalue weighted by molar-refractivity contribution is 0.0936. The monoisotopic (exact) mass is 320 g/mol. The number of imidazole rings is 1. The molecule has 7 nitrogen and oxygen atoms in total. The minimum absolute atomic E-state index is 0.00106. The first-order valence-corrected chi connectivity index (χ1v) is 8.73. The van der Waals surface area contributed by atoms with E-state index in [9.17, 15) is 13.2 Å². The van der Waals surface area contributed by atoms with Crippen molar-refractivity contribution in [2.24, 2.45) is 0 Å². The van der Waals surface area contributed by atoms with Crippen molar-refractivity contribution < 1.29 is 13.2 Å². The molecule has 1 saturated heterocycles. The van der Waals surface area contributed by atoms with Gasteiger partial charge >= 0.3 is 0 Å². The molecule has 3 rings (SSSR count). The third-order valence-electron chi connectivity index (χ3n) is 3.53. The summed E-state index contributed by atoms with van der Waals surface area (Å²) in [6.07, 6.45) is 5.43. The lowest BCUT2D eigenvalue weighted by Gasteiger charge is -2.12. The first-order chi connectivity index (χ1) is 10.4. The first kappa shape index (κ1) is 14.7. The zero-order valence-corrected chi connectivity index (χ0v) is 12.9. The van der Waals surface area contributed by atoms with Crippen molar-refractivity contribution in [1.29, 1.82) is 0 Å². The van der Waals surface area contributed by atoms with Crippen LogP contribution in [0, 0.1) is 6.92 Å². The number of rotatable bonds is 3. The Balaban J connectivity index is 1.81. The van der Waals surface area contributed by atoms with Crippen LogP contribution in [0.25, 0.3) is 5.82 Å². The molecule has 0 aliphatic carbocycles. The van der Waals surface area contributed by atoms with Gasteiger partial charge in [-0.05, 0) is 31.0 Å². The third kappa shape index (κ3) is 3.16. The third-order valence-corrected chi connectivity index (χ3v) is 5.29. The van der Waals surface area contributed by atoms with Gasteiger partial charge in [-0.2, -0.15) is 0 Å². The first-order valence-electron chi connectivity index (χ1n) is 6.91. The van der Waals surface area contributed by atoms with Gasteiger partial charge in [0.05, 0.1) is 11.5 Å². The Kier molecular flexibility index (Phi) is 3.69. The molecule has 0 saturated carbocycles. The number of aryl methyl sites for hydroxylation is 1. The summed E-state index contributed by atoms with van der Waals surface area (Å²) < 4.78 is 24.6. The van der Waals surface area contributed by atoms with Crippen molar-refractivity contribution in [2.45, 2.75) is 19.4 Å². The van der Waals surface area contributed by atoms with E-state index in [0.717, 1.165) is 5.56 Å². The van der Waals surface area contributed by atoms with Crippen molar-refractivity contribution in [1.82, 2.24) is 19.9 Å². The molecule has 0 aromatic carbocycles. The molecule has 22 heavy (non-hydrogen) atoms. The predicted molar refractivity (Wildman–Crippen MR) is 80.6 cm³/mol. The Bertz CT molecular complexity index is 800. The summed E-state index contributed by atoms with van der Waals surface area (Å²) in [5, 5.41) is 2.75. The molecule has 8 heteroatoms. The standard InChI is InChI=1S/C14H16N4O3S/c1-10-6-12(17-13(7-10)18-4-3-15-9-18)14(19)16-11-2-5-22(20,21)8-11/h3-4,6-7,9,11H,2,5,8H2,1H3,(H,16,19). The van der Waals surface area contributed by atoms with Crippen LogP contribution in [0.3, 0.4) is 0 Å². The van der Waals surface area contributed by atoms with E-state index in [-0.39, 0.29) is 29.1 Å². The minimum atomic E-state index is -3.02. The molecular weight excluding hydrogens is 304 g/mol. The second-order valence-corrected chi connectivity index (χ2v) is 7.66. The van der Waals surface area contributed by atoms with Crippen LogP contribution in [0.1, 0.15) is 22.5 Å². The van der Waals surface area contributed by atoms with E-state index in [1.807, 2.05) is 13.0 Å². The lowest BCUT2D eigenvalue weighted by atomic mass is 10.2. The van der Waals surface area contributed by atoms with Gasteiger partial charge in [-0.3, -0.25) is 9.36 Å². The molecular formula is C14H16N4O3S. The van der Waals surface area contributed by atoms with Crippen LogP contribution in [0.4, 0.5) is 0 Å². The number of nitrogens with one attached hydrogen (secondary N) is 1. The normalized spacial score (nSPS) is 20.0. The van der Waals surface area contributed by atoms with E-state index in [2.05, 4.69) is 15.3 Å². The maximum atomic E-state index is 12.3. The molecule has 1 aliphatic heterocycles. The second kappa shape index (κ2) is 5.53. The number of sulfone groups is 1. The summed E-state index contributed by atoms with van der Waals surface area (Å²) in [5.41, 5.74) is 1.16. The van der Waals surface area contributed by atoms with Crippen LogP contribution < -0.4 is 5.32 Å². The zero-order chi connectivity index (χ0) is 15.7. The minimum Gasteiger partial charge on any atom is -0.347 e. The van der Waals surface area contributed by atoms with Gasteiger partial charge in [0.2, 0.25) is 0 Å². The van der Waals surface area contributed by atoms with E-state index >= 15 is 0 Å². The maximum Gasteiger partial charge on any atom is 0.270 e. The van der Waals surface area contributed by atoms with E-state index in [0.29, 0.717) is 12.2 Å². The summed E-state index contributed by atoms with van der Waals surface area (Å²) in [6, 6.07) is 3.19. The maximum absolute atomic E-state index is 12.3. The molecule has 1 fully saturated rings.